The molecule has 0 aliphatic heterocycles. The van der Waals surface area contributed by atoms with Crippen molar-refractivity contribution in [2.75, 3.05) is 13.6 Å². The Balaban J connectivity index is 1.77. The molecule has 0 heterocycles. The SMILES string of the molecule is CN(CCC(O)(c1ccccc1)c1ccccc1)Cc1ccccc1. The van der Waals surface area contributed by atoms with Gasteiger partial charge in [0.1, 0.15) is 5.60 Å². The Hall–Kier alpha value is -2.42. The highest BCUT2D eigenvalue weighted by molar-refractivity contribution is 5.35. The highest BCUT2D eigenvalue weighted by Crippen LogP contribution is 2.33. The van der Waals surface area contributed by atoms with Gasteiger partial charge in [-0.1, -0.05) is 91.0 Å². The minimum absolute atomic E-state index is 0.643. The van der Waals surface area contributed by atoms with Gasteiger partial charge in [-0.05, 0) is 30.2 Å². The molecular formula is C23H25NO. The van der Waals surface area contributed by atoms with Gasteiger partial charge in [0.25, 0.3) is 0 Å². The molecule has 3 aromatic rings. The second kappa shape index (κ2) is 8.11. The van der Waals surface area contributed by atoms with Crippen molar-refractivity contribution in [1.29, 1.82) is 0 Å². The highest BCUT2D eigenvalue weighted by atomic mass is 16.3. The average Bonchev–Trinajstić information content (AvgIpc) is 2.68. The van der Waals surface area contributed by atoms with Crippen LogP contribution in [0.15, 0.2) is 91.0 Å². The third kappa shape index (κ3) is 4.36. The maximum atomic E-state index is 11.5. The van der Waals surface area contributed by atoms with Crippen molar-refractivity contribution in [3.63, 3.8) is 0 Å². The van der Waals surface area contributed by atoms with E-state index in [0.29, 0.717) is 6.42 Å². The molecule has 0 aliphatic carbocycles. The standard InChI is InChI=1S/C23H25NO/c1-24(19-20-11-5-2-6-12-20)18-17-23(25,21-13-7-3-8-14-21)22-15-9-4-10-16-22/h2-16,25H,17-19H2,1H3. The number of rotatable bonds is 7. The molecule has 0 unspecified atom stereocenters. The van der Waals surface area contributed by atoms with Crippen molar-refractivity contribution in [2.45, 2.75) is 18.6 Å². The van der Waals surface area contributed by atoms with Crippen LogP contribution >= 0.6 is 0 Å². The van der Waals surface area contributed by atoms with Crippen LogP contribution in [0.3, 0.4) is 0 Å². The third-order valence-corrected chi connectivity index (χ3v) is 4.65. The molecule has 0 aliphatic rings. The first-order chi connectivity index (χ1) is 12.2. The van der Waals surface area contributed by atoms with Crippen molar-refractivity contribution in [2.24, 2.45) is 0 Å². The van der Waals surface area contributed by atoms with E-state index in [1.807, 2.05) is 66.7 Å². The topological polar surface area (TPSA) is 23.5 Å². The Labute approximate surface area is 150 Å². The Morgan fingerprint density at radius 2 is 1.16 bits per heavy atom. The van der Waals surface area contributed by atoms with Gasteiger partial charge in [-0.2, -0.15) is 0 Å². The molecule has 0 radical (unpaired) electrons. The predicted molar refractivity (Wildman–Crippen MR) is 103 cm³/mol. The summed E-state index contributed by atoms with van der Waals surface area (Å²) in [5.74, 6) is 0. The minimum atomic E-state index is -0.979. The first-order valence-corrected chi connectivity index (χ1v) is 8.74. The third-order valence-electron chi connectivity index (χ3n) is 4.65. The maximum absolute atomic E-state index is 11.5. The van der Waals surface area contributed by atoms with Crippen LogP contribution in [0.5, 0.6) is 0 Å². The van der Waals surface area contributed by atoms with Gasteiger partial charge < -0.3 is 10.0 Å². The molecule has 0 amide bonds. The van der Waals surface area contributed by atoms with E-state index in [9.17, 15) is 5.11 Å². The van der Waals surface area contributed by atoms with Crippen molar-refractivity contribution in [1.82, 2.24) is 4.90 Å². The van der Waals surface area contributed by atoms with Crippen LogP contribution in [0.4, 0.5) is 0 Å². The number of nitrogens with zero attached hydrogens (tertiary/aromatic N) is 1. The summed E-state index contributed by atoms with van der Waals surface area (Å²) in [5, 5.41) is 11.5. The lowest BCUT2D eigenvalue weighted by Gasteiger charge is -2.31. The smallest absolute Gasteiger partial charge is 0.116 e. The van der Waals surface area contributed by atoms with Crippen molar-refractivity contribution in [3.8, 4) is 0 Å². The van der Waals surface area contributed by atoms with Crippen molar-refractivity contribution >= 4 is 0 Å². The largest absolute Gasteiger partial charge is 0.380 e. The summed E-state index contributed by atoms with van der Waals surface area (Å²) in [6.07, 6.45) is 0.643. The summed E-state index contributed by atoms with van der Waals surface area (Å²) < 4.78 is 0. The van der Waals surface area contributed by atoms with Crippen LogP contribution in [0, 0.1) is 0 Å². The molecule has 1 N–H and O–H groups in total. The Kier molecular flexibility index (Phi) is 5.64. The number of benzene rings is 3. The zero-order valence-corrected chi connectivity index (χ0v) is 14.7. The predicted octanol–water partition coefficient (Wildman–Crippen LogP) is 4.44. The molecule has 0 spiro atoms. The molecule has 0 fully saturated rings. The summed E-state index contributed by atoms with van der Waals surface area (Å²) in [6, 6.07) is 30.3. The zero-order valence-electron chi connectivity index (χ0n) is 14.7. The first kappa shape index (κ1) is 17.4. The van der Waals surface area contributed by atoms with Gasteiger partial charge in [-0.25, -0.2) is 0 Å². The van der Waals surface area contributed by atoms with Gasteiger partial charge >= 0.3 is 0 Å². The summed E-state index contributed by atoms with van der Waals surface area (Å²) in [6.45, 7) is 1.68. The Morgan fingerprint density at radius 3 is 1.64 bits per heavy atom. The average molecular weight is 331 g/mol. The molecule has 0 aromatic heterocycles. The van der Waals surface area contributed by atoms with Crippen LogP contribution in [0.25, 0.3) is 0 Å². The second-order valence-corrected chi connectivity index (χ2v) is 6.57. The van der Waals surface area contributed by atoms with Gasteiger partial charge in [0.2, 0.25) is 0 Å². The van der Waals surface area contributed by atoms with Crippen molar-refractivity contribution < 1.29 is 5.11 Å². The number of aliphatic hydroxyl groups is 1. The molecule has 25 heavy (non-hydrogen) atoms. The molecule has 0 saturated carbocycles. The molecule has 3 rings (SSSR count). The molecule has 3 aromatic carbocycles. The van der Waals surface area contributed by atoms with Crippen LogP contribution in [-0.2, 0) is 12.1 Å². The fraction of sp³-hybridized carbons (Fsp3) is 0.217. The zero-order chi connectivity index (χ0) is 17.5. The fourth-order valence-corrected chi connectivity index (χ4v) is 3.21. The second-order valence-electron chi connectivity index (χ2n) is 6.57. The summed E-state index contributed by atoms with van der Waals surface area (Å²) in [7, 11) is 2.10. The Bertz CT molecular complexity index is 716. The lowest BCUT2D eigenvalue weighted by Crippen LogP contribution is -2.32. The number of hydrogen-bond acceptors (Lipinski definition) is 2. The fourth-order valence-electron chi connectivity index (χ4n) is 3.21. The lowest BCUT2D eigenvalue weighted by molar-refractivity contribution is 0.0596. The van der Waals surface area contributed by atoms with Crippen LogP contribution in [0.1, 0.15) is 23.1 Å². The molecule has 2 heteroatoms. The van der Waals surface area contributed by atoms with E-state index in [-0.39, 0.29) is 0 Å². The molecule has 128 valence electrons. The lowest BCUT2D eigenvalue weighted by atomic mass is 9.83. The molecule has 2 nitrogen and oxygen atoms in total. The monoisotopic (exact) mass is 331 g/mol. The highest BCUT2D eigenvalue weighted by Gasteiger charge is 2.31. The van der Waals surface area contributed by atoms with Gasteiger partial charge in [-0.3, -0.25) is 0 Å². The quantitative estimate of drug-likeness (QED) is 0.691. The van der Waals surface area contributed by atoms with Gasteiger partial charge in [0, 0.05) is 13.1 Å². The Morgan fingerprint density at radius 1 is 0.720 bits per heavy atom. The normalized spacial score (nSPS) is 11.6. The first-order valence-electron chi connectivity index (χ1n) is 8.74. The van der Waals surface area contributed by atoms with E-state index in [4.69, 9.17) is 0 Å². The molecule has 0 atom stereocenters. The van der Waals surface area contributed by atoms with E-state index >= 15 is 0 Å². The molecular weight excluding hydrogens is 306 g/mol. The van der Waals surface area contributed by atoms with Gasteiger partial charge in [0.05, 0.1) is 0 Å². The summed E-state index contributed by atoms with van der Waals surface area (Å²) in [4.78, 5) is 2.26. The molecule has 0 bridgehead atoms. The van der Waals surface area contributed by atoms with E-state index in [2.05, 4.69) is 36.2 Å². The van der Waals surface area contributed by atoms with E-state index in [0.717, 1.165) is 24.2 Å². The number of hydrogen-bond donors (Lipinski definition) is 1. The van der Waals surface area contributed by atoms with E-state index < -0.39 is 5.60 Å². The van der Waals surface area contributed by atoms with Crippen LogP contribution < -0.4 is 0 Å². The molecule has 0 saturated heterocycles. The minimum Gasteiger partial charge on any atom is -0.380 e. The van der Waals surface area contributed by atoms with Gasteiger partial charge in [-0.15, -0.1) is 0 Å². The van der Waals surface area contributed by atoms with E-state index in [1.54, 1.807) is 0 Å². The van der Waals surface area contributed by atoms with Crippen molar-refractivity contribution in [3.05, 3.63) is 108 Å². The maximum Gasteiger partial charge on any atom is 0.116 e. The van der Waals surface area contributed by atoms with Gasteiger partial charge in [0.15, 0.2) is 0 Å². The summed E-state index contributed by atoms with van der Waals surface area (Å²) >= 11 is 0. The van der Waals surface area contributed by atoms with E-state index in [1.165, 1.54) is 5.56 Å². The van der Waals surface area contributed by atoms with Crippen LogP contribution in [-0.4, -0.2) is 23.6 Å². The summed E-state index contributed by atoms with van der Waals surface area (Å²) in [5.41, 5.74) is 2.18. The van der Waals surface area contributed by atoms with Crippen LogP contribution in [0.2, 0.25) is 0 Å².